The Morgan fingerprint density at radius 1 is 1.15 bits per heavy atom. The molecule has 0 aliphatic rings. The minimum Gasteiger partial charge on any atom is -0.477 e. The van der Waals surface area contributed by atoms with E-state index in [0.717, 1.165) is 16.9 Å². The molecule has 0 fully saturated rings. The fourth-order valence-electron chi connectivity index (χ4n) is 1.52. The number of aromatic carboxylic acids is 1. The third kappa shape index (κ3) is 2.95. The number of halogens is 2. The van der Waals surface area contributed by atoms with Crippen molar-refractivity contribution in [3.05, 3.63) is 49.6 Å². The number of carbonyl (C=O) groups is 2. The van der Waals surface area contributed by atoms with E-state index in [9.17, 15) is 9.59 Å². The van der Waals surface area contributed by atoms with Crippen LogP contribution in [0.1, 0.15) is 24.9 Å². The zero-order valence-corrected chi connectivity index (χ0v) is 12.6. The van der Waals surface area contributed by atoms with Crippen molar-refractivity contribution in [3.63, 3.8) is 0 Å². The van der Waals surface area contributed by atoms with Gasteiger partial charge in [0.05, 0.1) is 20.6 Å². The summed E-state index contributed by atoms with van der Waals surface area (Å²) < 4.78 is 0. The molecule has 1 heterocycles. The van der Waals surface area contributed by atoms with Gasteiger partial charge in [-0.1, -0.05) is 29.3 Å². The van der Waals surface area contributed by atoms with Crippen LogP contribution in [-0.4, -0.2) is 17.0 Å². The van der Waals surface area contributed by atoms with Gasteiger partial charge >= 0.3 is 5.97 Å². The molecule has 0 bridgehead atoms. The lowest BCUT2D eigenvalue weighted by atomic mass is 10.2. The Bertz CT molecular complexity index is 697. The van der Waals surface area contributed by atoms with Crippen LogP contribution < -0.4 is 5.32 Å². The highest BCUT2D eigenvalue weighted by Gasteiger charge is 2.16. The number of aryl methyl sites for hydroxylation is 1. The van der Waals surface area contributed by atoms with Gasteiger partial charge in [-0.3, -0.25) is 4.79 Å². The molecule has 0 aliphatic heterocycles. The first-order valence-corrected chi connectivity index (χ1v) is 7.06. The van der Waals surface area contributed by atoms with E-state index in [1.165, 1.54) is 12.1 Å². The lowest BCUT2D eigenvalue weighted by Crippen LogP contribution is -2.11. The van der Waals surface area contributed by atoms with Crippen LogP contribution in [0.2, 0.25) is 10.0 Å². The number of benzene rings is 1. The number of amides is 1. The van der Waals surface area contributed by atoms with Crippen molar-refractivity contribution < 1.29 is 14.7 Å². The Kier molecular flexibility index (Phi) is 4.32. The Morgan fingerprint density at radius 3 is 2.40 bits per heavy atom. The van der Waals surface area contributed by atoms with E-state index in [1.807, 2.05) is 0 Å². The molecule has 0 radical (unpaired) electrons. The van der Waals surface area contributed by atoms with Gasteiger partial charge in [0.2, 0.25) is 0 Å². The summed E-state index contributed by atoms with van der Waals surface area (Å²) in [5.41, 5.74) is 1.10. The molecular weight excluding hydrogens is 321 g/mol. The van der Waals surface area contributed by atoms with Crippen LogP contribution in [-0.2, 0) is 0 Å². The number of carbonyl (C=O) groups excluding carboxylic acids is 1. The van der Waals surface area contributed by atoms with Crippen molar-refractivity contribution in [1.29, 1.82) is 0 Å². The lowest BCUT2D eigenvalue weighted by Gasteiger charge is -2.10. The highest BCUT2D eigenvalue weighted by atomic mass is 35.5. The first-order valence-electron chi connectivity index (χ1n) is 5.49. The van der Waals surface area contributed by atoms with E-state index in [1.54, 1.807) is 19.1 Å². The third-order valence-electron chi connectivity index (χ3n) is 2.56. The molecule has 0 saturated heterocycles. The topological polar surface area (TPSA) is 66.4 Å². The second kappa shape index (κ2) is 5.83. The van der Waals surface area contributed by atoms with Gasteiger partial charge < -0.3 is 10.4 Å². The van der Waals surface area contributed by atoms with Crippen molar-refractivity contribution in [2.75, 3.05) is 5.32 Å². The van der Waals surface area contributed by atoms with Crippen LogP contribution >= 0.6 is 34.5 Å². The van der Waals surface area contributed by atoms with Gasteiger partial charge in [-0.25, -0.2) is 4.79 Å². The number of thiophene rings is 1. The maximum atomic E-state index is 12.1. The van der Waals surface area contributed by atoms with Crippen molar-refractivity contribution in [2.45, 2.75) is 6.92 Å². The number of hydrogen-bond acceptors (Lipinski definition) is 3. The predicted molar refractivity (Wildman–Crippen MR) is 80.4 cm³/mol. The first-order chi connectivity index (χ1) is 9.40. The molecule has 0 spiro atoms. The summed E-state index contributed by atoms with van der Waals surface area (Å²) in [6, 6.07) is 6.20. The summed E-state index contributed by atoms with van der Waals surface area (Å²) in [6.45, 7) is 1.79. The molecule has 2 N–H and O–H groups in total. The van der Waals surface area contributed by atoms with E-state index in [0.29, 0.717) is 15.7 Å². The van der Waals surface area contributed by atoms with Crippen LogP contribution in [0, 0.1) is 6.92 Å². The summed E-state index contributed by atoms with van der Waals surface area (Å²) in [6.07, 6.45) is 0. The maximum Gasteiger partial charge on any atom is 0.345 e. The minimum absolute atomic E-state index is 0.0941. The Balaban J connectivity index is 2.28. The van der Waals surface area contributed by atoms with Gasteiger partial charge in [-0.2, -0.15) is 0 Å². The molecule has 104 valence electrons. The zero-order valence-electron chi connectivity index (χ0n) is 10.2. The Hall–Kier alpha value is -1.56. The number of carboxylic acid groups (broad SMARTS) is 1. The third-order valence-corrected chi connectivity index (χ3v) is 4.44. The minimum atomic E-state index is -1.07. The van der Waals surface area contributed by atoms with E-state index in [4.69, 9.17) is 28.3 Å². The average Bonchev–Trinajstić information content (AvgIpc) is 2.89. The standard InChI is InChI=1S/C13H9Cl2NO3S/c1-6-2-3-7(14)11(10(6)15)16-12(17)8-4-5-9(20-8)13(18)19/h2-5H,1H3,(H,16,17)(H,18,19). The number of rotatable bonds is 3. The Labute approximate surface area is 128 Å². The molecule has 0 aliphatic carbocycles. The van der Waals surface area contributed by atoms with Crippen LogP contribution in [0.4, 0.5) is 5.69 Å². The van der Waals surface area contributed by atoms with Crippen LogP contribution in [0.25, 0.3) is 0 Å². The first kappa shape index (κ1) is 14.8. The maximum absolute atomic E-state index is 12.1. The summed E-state index contributed by atoms with van der Waals surface area (Å²) >= 11 is 13.0. The molecule has 2 rings (SSSR count). The lowest BCUT2D eigenvalue weighted by molar-refractivity contribution is 0.0702. The zero-order chi connectivity index (χ0) is 14.9. The quantitative estimate of drug-likeness (QED) is 0.881. The monoisotopic (exact) mass is 329 g/mol. The van der Waals surface area contributed by atoms with Crippen molar-refractivity contribution in [2.24, 2.45) is 0 Å². The number of carboxylic acids is 1. The van der Waals surface area contributed by atoms with Gasteiger partial charge in [0.1, 0.15) is 4.88 Å². The van der Waals surface area contributed by atoms with Crippen molar-refractivity contribution in [3.8, 4) is 0 Å². The van der Waals surface area contributed by atoms with Gasteiger partial charge in [0, 0.05) is 0 Å². The van der Waals surface area contributed by atoms with Gasteiger partial charge in [-0.15, -0.1) is 11.3 Å². The SMILES string of the molecule is Cc1ccc(Cl)c(NC(=O)c2ccc(C(=O)O)s2)c1Cl. The van der Waals surface area contributed by atoms with Crippen LogP contribution in [0.5, 0.6) is 0 Å². The van der Waals surface area contributed by atoms with E-state index in [2.05, 4.69) is 5.32 Å². The molecule has 20 heavy (non-hydrogen) atoms. The van der Waals surface area contributed by atoms with E-state index in [-0.39, 0.29) is 9.75 Å². The summed E-state index contributed by atoms with van der Waals surface area (Å²) in [5, 5.41) is 12.1. The molecule has 1 aromatic heterocycles. The number of nitrogens with one attached hydrogen (secondary N) is 1. The van der Waals surface area contributed by atoms with Crippen LogP contribution in [0.3, 0.4) is 0 Å². The summed E-state index contributed by atoms with van der Waals surface area (Å²) in [4.78, 5) is 23.2. The van der Waals surface area contributed by atoms with Crippen molar-refractivity contribution in [1.82, 2.24) is 0 Å². The molecule has 1 aromatic carbocycles. The molecular formula is C13H9Cl2NO3S. The molecule has 7 heteroatoms. The number of anilines is 1. The second-order valence-electron chi connectivity index (χ2n) is 3.98. The van der Waals surface area contributed by atoms with Gasteiger partial charge in [0.15, 0.2) is 0 Å². The molecule has 0 unspecified atom stereocenters. The van der Waals surface area contributed by atoms with E-state index >= 15 is 0 Å². The molecule has 1 amide bonds. The van der Waals surface area contributed by atoms with Crippen LogP contribution in [0.15, 0.2) is 24.3 Å². The van der Waals surface area contributed by atoms with E-state index < -0.39 is 11.9 Å². The smallest absolute Gasteiger partial charge is 0.345 e. The Morgan fingerprint density at radius 2 is 1.80 bits per heavy atom. The fraction of sp³-hybridized carbons (Fsp3) is 0.0769. The fourth-order valence-corrected chi connectivity index (χ4v) is 2.73. The second-order valence-corrected chi connectivity index (χ2v) is 5.85. The molecule has 0 saturated carbocycles. The number of hydrogen-bond donors (Lipinski definition) is 2. The van der Waals surface area contributed by atoms with Crippen molar-refractivity contribution >= 4 is 52.1 Å². The van der Waals surface area contributed by atoms with Gasteiger partial charge in [-0.05, 0) is 30.7 Å². The molecule has 2 aromatic rings. The largest absolute Gasteiger partial charge is 0.477 e. The molecule has 0 atom stereocenters. The highest BCUT2D eigenvalue weighted by Crippen LogP contribution is 2.33. The normalized spacial score (nSPS) is 10.3. The molecule has 4 nitrogen and oxygen atoms in total. The summed E-state index contributed by atoms with van der Waals surface area (Å²) in [7, 11) is 0. The summed E-state index contributed by atoms with van der Waals surface area (Å²) in [5.74, 6) is -1.52. The average molecular weight is 330 g/mol. The van der Waals surface area contributed by atoms with Gasteiger partial charge in [0.25, 0.3) is 5.91 Å². The highest BCUT2D eigenvalue weighted by molar-refractivity contribution is 7.16. The predicted octanol–water partition coefficient (Wildman–Crippen LogP) is 4.31.